The predicted octanol–water partition coefficient (Wildman–Crippen LogP) is 3.77. The molecule has 0 bridgehead atoms. The Morgan fingerprint density at radius 2 is 1.68 bits per heavy atom. The molecular formula is C14H20F3NO. The van der Waals surface area contributed by atoms with Gasteiger partial charge in [0.15, 0.2) is 0 Å². The van der Waals surface area contributed by atoms with Gasteiger partial charge in [-0.15, -0.1) is 0 Å². The summed E-state index contributed by atoms with van der Waals surface area (Å²) in [5.74, 6) is 0.192. The van der Waals surface area contributed by atoms with Gasteiger partial charge in [0, 0.05) is 6.61 Å². The second kappa shape index (κ2) is 6.39. The number of halogens is 3. The zero-order chi connectivity index (χ0) is 14.6. The highest BCUT2D eigenvalue weighted by Gasteiger charge is 2.31. The lowest BCUT2D eigenvalue weighted by Gasteiger charge is -2.27. The minimum Gasteiger partial charge on any atom is -0.376 e. The van der Waals surface area contributed by atoms with E-state index in [9.17, 15) is 13.2 Å². The fourth-order valence-corrected chi connectivity index (χ4v) is 1.99. The molecule has 2 unspecified atom stereocenters. The highest BCUT2D eigenvalue weighted by molar-refractivity contribution is 5.27. The van der Waals surface area contributed by atoms with Crippen LogP contribution in [0.4, 0.5) is 13.2 Å². The highest BCUT2D eigenvalue weighted by atomic mass is 19.4. The quantitative estimate of drug-likeness (QED) is 0.887. The maximum absolute atomic E-state index is 12.5. The molecule has 0 aliphatic heterocycles. The van der Waals surface area contributed by atoms with E-state index in [0.29, 0.717) is 12.2 Å². The Kier molecular flexibility index (Phi) is 5.38. The third-order valence-electron chi connectivity index (χ3n) is 2.99. The molecule has 2 atom stereocenters. The summed E-state index contributed by atoms with van der Waals surface area (Å²) in [5.41, 5.74) is 6.07. The number of nitrogens with two attached hydrogens (primary N) is 1. The molecule has 0 heterocycles. The lowest BCUT2D eigenvalue weighted by molar-refractivity contribution is -0.137. The van der Waals surface area contributed by atoms with Gasteiger partial charge in [-0.1, -0.05) is 26.0 Å². The van der Waals surface area contributed by atoms with Gasteiger partial charge in [-0.25, -0.2) is 0 Å². The zero-order valence-electron chi connectivity index (χ0n) is 11.4. The molecule has 2 nitrogen and oxygen atoms in total. The Morgan fingerprint density at radius 1 is 1.16 bits per heavy atom. The first kappa shape index (κ1) is 16.0. The SMILES string of the molecule is CCOC(C(C)C)C(N)c1ccc(C(F)(F)F)cc1. The van der Waals surface area contributed by atoms with E-state index in [1.54, 1.807) is 0 Å². The fourth-order valence-electron chi connectivity index (χ4n) is 1.99. The molecule has 2 N–H and O–H groups in total. The molecular weight excluding hydrogens is 255 g/mol. The first-order valence-electron chi connectivity index (χ1n) is 6.31. The van der Waals surface area contributed by atoms with Crippen molar-refractivity contribution >= 4 is 0 Å². The van der Waals surface area contributed by atoms with Crippen molar-refractivity contribution in [3.63, 3.8) is 0 Å². The monoisotopic (exact) mass is 275 g/mol. The van der Waals surface area contributed by atoms with Gasteiger partial charge in [0.25, 0.3) is 0 Å². The molecule has 0 fully saturated rings. The van der Waals surface area contributed by atoms with Crippen molar-refractivity contribution in [3.8, 4) is 0 Å². The van der Waals surface area contributed by atoms with E-state index < -0.39 is 17.8 Å². The molecule has 0 radical (unpaired) electrons. The van der Waals surface area contributed by atoms with E-state index in [4.69, 9.17) is 10.5 Å². The van der Waals surface area contributed by atoms with Crippen LogP contribution in [0.1, 0.15) is 37.9 Å². The van der Waals surface area contributed by atoms with Crippen molar-refractivity contribution in [2.75, 3.05) is 6.61 Å². The Morgan fingerprint density at radius 3 is 2.05 bits per heavy atom. The van der Waals surface area contributed by atoms with Gasteiger partial charge >= 0.3 is 6.18 Å². The molecule has 1 aromatic rings. The van der Waals surface area contributed by atoms with E-state index in [1.807, 2.05) is 20.8 Å². The van der Waals surface area contributed by atoms with Gasteiger partial charge in [-0.2, -0.15) is 13.2 Å². The fraction of sp³-hybridized carbons (Fsp3) is 0.571. The second-order valence-corrected chi connectivity index (χ2v) is 4.81. The molecule has 1 rings (SSSR count). The molecule has 108 valence electrons. The summed E-state index contributed by atoms with van der Waals surface area (Å²) in [6, 6.07) is 4.52. The summed E-state index contributed by atoms with van der Waals surface area (Å²) in [4.78, 5) is 0. The van der Waals surface area contributed by atoms with Crippen molar-refractivity contribution in [1.29, 1.82) is 0 Å². The molecule has 0 saturated carbocycles. The summed E-state index contributed by atoms with van der Waals surface area (Å²) in [7, 11) is 0. The maximum atomic E-state index is 12.5. The van der Waals surface area contributed by atoms with Crippen LogP contribution in [0.2, 0.25) is 0 Å². The Hall–Kier alpha value is -1.07. The van der Waals surface area contributed by atoms with Crippen LogP contribution in [-0.2, 0) is 10.9 Å². The normalized spacial score (nSPS) is 15.6. The Labute approximate surface area is 111 Å². The van der Waals surface area contributed by atoms with Crippen LogP contribution in [0.25, 0.3) is 0 Å². The van der Waals surface area contributed by atoms with E-state index in [1.165, 1.54) is 12.1 Å². The first-order valence-corrected chi connectivity index (χ1v) is 6.31. The van der Waals surface area contributed by atoms with Crippen molar-refractivity contribution in [2.45, 2.75) is 39.1 Å². The average Bonchev–Trinajstić information content (AvgIpc) is 2.34. The lowest BCUT2D eigenvalue weighted by atomic mass is 9.93. The van der Waals surface area contributed by atoms with E-state index >= 15 is 0 Å². The number of ether oxygens (including phenoxy) is 1. The molecule has 0 saturated heterocycles. The number of hydrogen-bond acceptors (Lipinski definition) is 2. The first-order chi connectivity index (χ1) is 8.77. The third-order valence-corrected chi connectivity index (χ3v) is 2.99. The third kappa shape index (κ3) is 4.21. The van der Waals surface area contributed by atoms with Gasteiger partial charge in [0.05, 0.1) is 17.7 Å². The van der Waals surface area contributed by atoms with Crippen molar-refractivity contribution in [1.82, 2.24) is 0 Å². The van der Waals surface area contributed by atoms with Gasteiger partial charge in [0.1, 0.15) is 0 Å². The smallest absolute Gasteiger partial charge is 0.376 e. The van der Waals surface area contributed by atoms with Crippen LogP contribution < -0.4 is 5.73 Å². The molecule has 0 aliphatic carbocycles. The Bertz CT molecular complexity index is 387. The molecule has 1 aromatic carbocycles. The maximum Gasteiger partial charge on any atom is 0.416 e. The Balaban J connectivity index is 2.90. The van der Waals surface area contributed by atoms with Crippen LogP contribution in [0.5, 0.6) is 0 Å². The van der Waals surface area contributed by atoms with Gasteiger partial charge in [-0.3, -0.25) is 0 Å². The summed E-state index contributed by atoms with van der Waals surface area (Å²) < 4.78 is 43.0. The summed E-state index contributed by atoms with van der Waals surface area (Å²) in [6.07, 6.45) is -4.53. The van der Waals surface area contributed by atoms with Crippen LogP contribution in [0, 0.1) is 5.92 Å². The summed E-state index contributed by atoms with van der Waals surface area (Å²) >= 11 is 0. The summed E-state index contributed by atoms with van der Waals surface area (Å²) in [5, 5.41) is 0. The van der Waals surface area contributed by atoms with E-state index in [0.717, 1.165) is 12.1 Å². The van der Waals surface area contributed by atoms with Crippen LogP contribution in [0.3, 0.4) is 0 Å². The molecule has 5 heteroatoms. The zero-order valence-corrected chi connectivity index (χ0v) is 11.4. The van der Waals surface area contributed by atoms with Crippen LogP contribution in [-0.4, -0.2) is 12.7 Å². The average molecular weight is 275 g/mol. The predicted molar refractivity (Wildman–Crippen MR) is 68.6 cm³/mol. The minimum atomic E-state index is -4.32. The number of benzene rings is 1. The van der Waals surface area contributed by atoms with Gasteiger partial charge in [-0.05, 0) is 30.5 Å². The topological polar surface area (TPSA) is 35.2 Å². The van der Waals surface area contributed by atoms with E-state index in [2.05, 4.69) is 0 Å². The largest absolute Gasteiger partial charge is 0.416 e. The van der Waals surface area contributed by atoms with Crippen molar-refractivity contribution < 1.29 is 17.9 Å². The standard InChI is InChI=1S/C14H20F3NO/c1-4-19-13(9(2)3)12(18)10-5-7-11(8-6-10)14(15,16)17/h5-9,12-13H,4,18H2,1-3H3. The van der Waals surface area contributed by atoms with Crippen molar-refractivity contribution in [3.05, 3.63) is 35.4 Å². The highest BCUT2D eigenvalue weighted by Crippen LogP contribution is 2.30. The number of hydrogen-bond donors (Lipinski definition) is 1. The molecule has 0 amide bonds. The second-order valence-electron chi connectivity index (χ2n) is 4.81. The minimum absolute atomic E-state index is 0.192. The molecule has 0 spiro atoms. The van der Waals surface area contributed by atoms with Gasteiger partial charge in [0.2, 0.25) is 0 Å². The number of alkyl halides is 3. The molecule has 0 aliphatic rings. The molecule has 0 aromatic heterocycles. The lowest BCUT2D eigenvalue weighted by Crippen LogP contribution is -2.33. The van der Waals surface area contributed by atoms with Crippen LogP contribution in [0.15, 0.2) is 24.3 Å². The van der Waals surface area contributed by atoms with E-state index in [-0.39, 0.29) is 12.0 Å². The molecule has 19 heavy (non-hydrogen) atoms. The summed E-state index contributed by atoms with van der Waals surface area (Å²) in [6.45, 7) is 6.35. The van der Waals surface area contributed by atoms with Gasteiger partial charge < -0.3 is 10.5 Å². The van der Waals surface area contributed by atoms with Crippen LogP contribution >= 0.6 is 0 Å². The number of rotatable bonds is 5. The van der Waals surface area contributed by atoms with Crippen molar-refractivity contribution in [2.24, 2.45) is 11.7 Å².